The molecule has 0 aliphatic rings. The van der Waals surface area contributed by atoms with Gasteiger partial charge in [-0.1, -0.05) is 6.92 Å². The standard InChI is InChI=1S/C8H21N3O/c1-2-8(12)5-7(6-10)11-4-3-9/h7-8,11-12H,2-6,9-10H2,1H3. The van der Waals surface area contributed by atoms with Crippen LogP contribution < -0.4 is 16.8 Å². The summed E-state index contributed by atoms with van der Waals surface area (Å²) in [5.41, 5.74) is 10.8. The van der Waals surface area contributed by atoms with Crippen molar-refractivity contribution in [1.29, 1.82) is 0 Å². The van der Waals surface area contributed by atoms with Gasteiger partial charge in [-0.15, -0.1) is 0 Å². The molecule has 0 aromatic rings. The fourth-order valence-electron chi connectivity index (χ4n) is 1.05. The van der Waals surface area contributed by atoms with E-state index in [9.17, 15) is 5.11 Å². The van der Waals surface area contributed by atoms with E-state index < -0.39 is 0 Å². The van der Waals surface area contributed by atoms with E-state index in [1.807, 2.05) is 6.92 Å². The van der Waals surface area contributed by atoms with Crippen LogP contribution in [0.1, 0.15) is 19.8 Å². The maximum absolute atomic E-state index is 9.33. The van der Waals surface area contributed by atoms with E-state index in [4.69, 9.17) is 11.5 Å². The third kappa shape index (κ3) is 5.49. The van der Waals surface area contributed by atoms with Gasteiger partial charge in [0.25, 0.3) is 0 Å². The summed E-state index contributed by atoms with van der Waals surface area (Å²) in [6, 6.07) is 0.198. The summed E-state index contributed by atoms with van der Waals surface area (Å²) < 4.78 is 0. The average molecular weight is 175 g/mol. The molecule has 0 radical (unpaired) electrons. The van der Waals surface area contributed by atoms with Crippen LogP contribution in [-0.4, -0.2) is 36.9 Å². The molecule has 0 aromatic heterocycles. The van der Waals surface area contributed by atoms with Crippen molar-refractivity contribution in [3.05, 3.63) is 0 Å². The molecule has 4 heteroatoms. The highest BCUT2D eigenvalue weighted by Crippen LogP contribution is 2.00. The van der Waals surface area contributed by atoms with E-state index >= 15 is 0 Å². The van der Waals surface area contributed by atoms with Crippen molar-refractivity contribution in [2.45, 2.75) is 31.9 Å². The molecule has 0 aromatic carbocycles. The Morgan fingerprint density at radius 3 is 2.50 bits per heavy atom. The molecule has 0 spiro atoms. The molecule has 12 heavy (non-hydrogen) atoms. The van der Waals surface area contributed by atoms with E-state index in [2.05, 4.69) is 5.32 Å². The van der Waals surface area contributed by atoms with Crippen molar-refractivity contribution >= 4 is 0 Å². The second-order valence-electron chi connectivity index (χ2n) is 2.97. The first kappa shape index (κ1) is 11.8. The molecule has 0 rings (SSSR count). The van der Waals surface area contributed by atoms with Gasteiger partial charge in [0.2, 0.25) is 0 Å². The lowest BCUT2D eigenvalue weighted by Gasteiger charge is -2.18. The zero-order valence-corrected chi connectivity index (χ0v) is 7.79. The molecule has 0 fully saturated rings. The van der Waals surface area contributed by atoms with Crippen molar-refractivity contribution in [3.8, 4) is 0 Å². The maximum atomic E-state index is 9.33. The van der Waals surface area contributed by atoms with Gasteiger partial charge < -0.3 is 21.9 Å². The summed E-state index contributed by atoms with van der Waals surface area (Å²) in [5.74, 6) is 0. The Hall–Kier alpha value is -0.160. The van der Waals surface area contributed by atoms with Gasteiger partial charge in [-0.3, -0.25) is 0 Å². The molecule has 74 valence electrons. The fraction of sp³-hybridized carbons (Fsp3) is 1.00. The van der Waals surface area contributed by atoms with Gasteiger partial charge in [0.1, 0.15) is 0 Å². The third-order valence-corrected chi connectivity index (χ3v) is 1.89. The first-order chi connectivity index (χ1) is 5.74. The van der Waals surface area contributed by atoms with Gasteiger partial charge in [0, 0.05) is 25.7 Å². The molecule has 0 saturated carbocycles. The van der Waals surface area contributed by atoms with Crippen molar-refractivity contribution in [2.24, 2.45) is 11.5 Å². The summed E-state index contributed by atoms with van der Waals surface area (Å²) in [4.78, 5) is 0. The number of aliphatic hydroxyl groups is 1. The Labute approximate surface area is 74.3 Å². The summed E-state index contributed by atoms with van der Waals surface area (Å²) in [5, 5.41) is 12.5. The summed E-state index contributed by atoms with van der Waals surface area (Å²) in [6.07, 6.45) is 1.25. The van der Waals surface area contributed by atoms with E-state index in [1.165, 1.54) is 0 Å². The van der Waals surface area contributed by atoms with E-state index in [0.29, 0.717) is 19.5 Å². The topological polar surface area (TPSA) is 84.3 Å². The molecule has 6 N–H and O–H groups in total. The van der Waals surface area contributed by atoms with Crippen LogP contribution >= 0.6 is 0 Å². The highest BCUT2D eigenvalue weighted by Gasteiger charge is 2.10. The van der Waals surface area contributed by atoms with Gasteiger partial charge in [0.05, 0.1) is 6.10 Å². The van der Waals surface area contributed by atoms with Crippen molar-refractivity contribution in [2.75, 3.05) is 19.6 Å². The normalized spacial score (nSPS) is 16.0. The number of hydrogen-bond acceptors (Lipinski definition) is 4. The van der Waals surface area contributed by atoms with Gasteiger partial charge in [-0.25, -0.2) is 0 Å². The third-order valence-electron chi connectivity index (χ3n) is 1.89. The molecule has 4 nitrogen and oxygen atoms in total. The monoisotopic (exact) mass is 175 g/mol. The van der Waals surface area contributed by atoms with Crippen LogP contribution in [0.25, 0.3) is 0 Å². The first-order valence-electron chi connectivity index (χ1n) is 4.56. The lowest BCUT2D eigenvalue weighted by Crippen LogP contribution is -2.41. The second-order valence-corrected chi connectivity index (χ2v) is 2.97. The second kappa shape index (κ2) is 7.49. The van der Waals surface area contributed by atoms with E-state index in [1.54, 1.807) is 0 Å². The molecule has 0 saturated heterocycles. The smallest absolute Gasteiger partial charge is 0.0553 e. The van der Waals surface area contributed by atoms with Crippen molar-refractivity contribution in [1.82, 2.24) is 5.32 Å². The highest BCUT2D eigenvalue weighted by atomic mass is 16.3. The Balaban J connectivity index is 3.51. The summed E-state index contributed by atoms with van der Waals surface area (Å²) >= 11 is 0. The molecule has 0 aliphatic heterocycles. The number of nitrogens with one attached hydrogen (secondary N) is 1. The Morgan fingerprint density at radius 2 is 2.08 bits per heavy atom. The SMILES string of the molecule is CCC(O)CC(CN)NCCN. The molecule has 0 heterocycles. The molecule has 0 amide bonds. The maximum Gasteiger partial charge on any atom is 0.0553 e. The minimum absolute atomic E-state index is 0.198. The van der Waals surface area contributed by atoms with Crippen LogP contribution in [0.15, 0.2) is 0 Å². The highest BCUT2D eigenvalue weighted by molar-refractivity contribution is 4.71. The van der Waals surface area contributed by atoms with E-state index in [0.717, 1.165) is 13.0 Å². The number of hydrogen-bond donors (Lipinski definition) is 4. The molecular weight excluding hydrogens is 154 g/mol. The molecule has 0 aliphatic carbocycles. The summed E-state index contributed by atoms with van der Waals surface area (Å²) in [7, 11) is 0. The van der Waals surface area contributed by atoms with Crippen molar-refractivity contribution < 1.29 is 5.11 Å². The Kier molecular flexibility index (Phi) is 7.39. The van der Waals surface area contributed by atoms with Gasteiger partial charge >= 0.3 is 0 Å². The molecule has 2 atom stereocenters. The Bertz CT molecular complexity index is 100. The quantitative estimate of drug-likeness (QED) is 0.401. The predicted octanol–water partition coefficient (Wildman–Crippen LogP) is -0.977. The minimum Gasteiger partial charge on any atom is -0.393 e. The zero-order valence-electron chi connectivity index (χ0n) is 7.79. The number of aliphatic hydroxyl groups excluding tert-OH is 1. The number of rotatable bonds is 7. The minimum atomic E-state index is -0.246. The average Bonchev–Trinajstić information content (AvgIpc) is 2.11. The lowest BCUT2D eigenvalue weighted by molar-refractivity contribution is 0.146. The Morgan fingerprint density at radius 1 is 1.42 bits per heavy atom. The van der Waals surface area contributed by atoms with E-state index in [-0.39, 0.29) is 12.1 Å². The number of nitrogens with two attached hydrogens (primary N) is 2. The van der Waals surface area contributed by atoms with Crippen molar-refractivity contribution in [3.63, 3.8) is 0 Å². The van der Waals surface area contributed by atoms with Crippen LogP contribution in [0.2, 0.25) is 0 Å². The van der Waals surface area contributed by atoms with Crippen LogP contribution in [-0.2, 0) is 0 Å². The van der Waals surface area contributed by atoms with Crippen LogP contribution in [0.4, 0.5) is 0 Å². The first-order valence-corrected chi connectivity index (χ1v) is 4.56. The van der Waals surface area contributed by atoms with Gasteiger partial charge in [0.15, 0.2) is 0 Å². The zero-order chi connectivity index (χ0) is 9.40. The largest absolute Gasteiger partial charge is 0.393 e. The van der Waals surface area contributed by atoms with Crippen LogP contribution in [0, 0.1) is 0 Å². The molecule has 0 bridgehead atoms. The van der Waals surface area contributed by atoms with Gasteiger partial charge in [-0.05, 0) is 12.8 Å². The summed E-state index contributed by atoms with van der Waals surface area (Å²) in [6.45, 7) is 3.88. The predicted molar refractivity (Wildman–Crippen MR) is 50.8 cm³/mol. The fourth-order valence-corrected chi connectivity index (χ4v) is 1.05. The molecular formula is C8H21N3O. The lowest BCUT2D eigenvalue weighted by atomic mass is 10.1. The molecule has 2 unspecified atom stereocenters. The van der Waals surface area contributed by atoms with Crippen LogP contribution in [0.3, 0.4) is 0 Å². The van der Waals surface area contributed by atoms with Crippen LogP contribution in [0.5, 0.6) is 0 Å². The van der Waals surface area contributed by atoms with Gasteiger partial charge in [-0.2, -0.15) is 0 Å².